The van der Waals surface area contributed by atoms with Crippen molar-refractivity contribution in [1.29, 1.82) is 0 Å². The molecular weight excluding hydrogens is 266 g/mol. The highest BCUT2D eigenvalue weighted by atomic mass is 79.9. The molecule has 2 nitrogen and oxygen atoms in total. The number of carbonyl (C=O) groups excluding carboxylic acids is 1. The molecule has 0 bridgehead atoms. The molecule has 1 aromatic carbocycles. The Hall–Kier alpha value is -0.830. The predicted octanol–water partition coefficient (Wildman–Crippen LogP) is 3.43. The van der Waals surface area contributed by atoms with Gasteiger partial charge in [0.1, 0.15) is 0 Å². The van der Waals surface area contributed by atoms with Crippen LogP contribution in [-0.2, 0) is 4.79 Å². The van der Waals surface area contributed by atoms with Crippen molar-refractivity contribution in [2.24, 2.45) is 5.92 Å². The van der Waals surface area contributed by atoms with E-state index in [-0.39, 0.29) is 17.9 Å². The molecule has 0 radical (unpaired) electrons. The lowest BCUT2D eigenvalue weighted by molar-refractivity contribution is -0.128. The molecule has 0 aromatic heterocycles. The van der Waals surface area contributed by atoms with Crippen LogP contribution in [-0.4, -0.2) is 5.91 Å². The van der Waals surface area contributed by atoms with Crippen LogP contribution in [0.3, 0.4) is 0 Å². The highest BCUT2D eigenvalue weighted by Gasteiger charge is 2.26. The molecule has 3 heteroatoms. The highest BCUT2D eigenvalue weighted by molar-refractivity contribution is 9.10. The summed E-state index contributed by atoms with van der Waals surface area (Å²) in [6.45, 7) is 2.03. The second kappa shape index (κ2) is 5.00. The number of amides is 1. The zero-order valence-corrected chi connectivity index (χ0v) is 11.0. The molecule has 1 aromatic rings. The van der Waals surface area contributed by atoms with Crippen molar-refractivity contribution in [1.82, 2.24) is 5.32 Å². The smallest absolute Gasteiger partial charge is 0.223 e. The first-order chi connectivity index (χ1) is 7.66. The third-order valence-electron chi connectivity index (χ3n) is 3.18. The van der Waals surface area contributed by atoms with Gasteiger partial charge in [-0.05, 0) is 37.5 Å². The SMILES string of the molecule is CC(NC(=O)C1CCC1)c1cccc(Br)c1. The summed E-state index contributed by atoms with van der Waals surface area (Å²) in [7, 11) is 0. The zero-order valence-electron chi connectivity index (χ0n) is 9.37. The summed E-state index contributed by atoms with van der Waals surface area (Å²) in [5.74, 6) is 0.466. The second-order valence-corrected chi connectivity index (χ2v) is 5.33. The Bertz CT molecular complexity index is 387. The molecule has 1 aliphatic carbocycles. The standard InChI is InChI=1S/C13H16BrNO/c1-9(11-6-3-7-12(14)8-11)15-13(16)10-4-2-5-10/h3,6-10H,2,4-5H2,1H3,(H,15,16). The second-order valence-electron chi connectivity index (χ2n) is 4.41. The van der Waals surface area contributed by atoms with Gasteiger partial charge in [0, 0.05) is 10.4 Å². The van der Waals surface area contributed by atoms with E-state index in [4.69, 9.17) is 0 Å². The molecule has 1 fully saturated rings. The third-order valence-corrected chi connectivity index (χ3v) is 3.68. The summed E-state index contributed by atoms with van der Waals surface area (Å²) in [4.78, 5) is 11.8. The predicted molar refractivity (Wildman–Crippen MR) is 68.0 cm³/mol. The normalized spacial score (nSPS) is 17.6. The van der Waals surface area contributed by atoms with Gasteiger partial charge in [-0.3, -0.25) is 4.79 Å². The first-order valence-corrected chi connectivity index (χ1v) is 6.52. The van der Waals surface area contributed by atoms with Crippen LogP contribution < -0.4 is 5.32 Å². The lowest BCUT2D eigenvalue weighted by atomic mass is 9.84. The van der Waals surface area contributed by atoms with Crippen LogP contribution in [0.2, 0.25) is 0 Å². The number of benzene rings is 1. The van der Waals surface area contributed by atoms with Gasteiger partial charge in [0.05, 0.1) is 6.04 Å². The molecular formula is C13H16BrNO. The first-order valence-electron chi connectivity index (χ1n) is 5.72. The molecule has 0 spiro atoms. The van der Waals surface area contributed by atoms with Gasteiger partial charge >= 0.3 is 0 Å². The Morgan fingerprint density at radius 3 is 2.81 bits per heavy atom. The topological polar surface area (TPSA) is 29.1 Å². The third kappa shape index (κ3) is 2.64. The highest BCUT2D eigenvalue weighted by Crippen LogP contribution is 2.27. The summed E-state index contributed by atoms with van der Waals surface area (Å²) in [6.07, 6.45) is 3.30. The lowest BCUT2D eigenvalue weighted by Gasteiger charge is -2.26. The van der Waals surface area contributed by atoms with Crippen molar-refractivity contribution in [3.63, 3.8) is 0 Å². The summed E-state index contributed by atoms with van der Waals surface area (Å²) in [5, 5.41) is 3.07. The largest absolute Gasteiger partial charge is 0.349 e. The van der Waals surface area contributed by atoms with Gasteiger partial charge in [-0.2, -0.15) is 0 Å². The minimum Gasteiger partial charge on any atom is -0.349 e. The first kappa shape index (κ1) is 11.6. The van der Waals surface area contributed by atoms with E-state index in [1.165, 1.54) is 6.42 Å². The van der Waals surface area contributed by atoms with Gasteiger partial charge in [-0.1, -0.05) is 34.5 Å². The van der Waals surface area contributed by atoms with Gasteiger partial charge in [-0.15, -0.1) is 0 Å². The number of halogens is 1. The van der Waals surface area contributed by atoms with E-state index in [0.717, 1.165) is 22.9 Å². The minimum atomic E-state index is 0.0885. The average molecular weight is 282 g/mol. The van der Waals surface area contributed by atoms with Crippen molar-refractivity contribution in [3.05, 3.63) is 34.3 Å². The van der Waals surface area contributed by atoms with Gasteiger partial charge in [0.2, 0.25) is 5.91 Å². The Balaban J connectivity index is 1.96. The summed E-state index contributed by atoms with van der Waals surface area (Å²) in [6, 6.07) is 8.16. The molecule has 1 atom stereocenters. The number of hydrogen-bond acceptors (Lipinski definition) is 1. The van der Waals surface area contributed by atoms with Gasteiger partial charge in [0.15, 0.2) is 0 Å². The molecule has 1 unspecified atom stereocenters. The van der Waals surface area contributed by atoms with Crippen LogP contribution in [0.1, 0.15) is 37.8 Å². The summed E-state index contributed by atoms with van der Waals surface area (Å²) >= 11 is 3.44. The van der Waals surface area contributed by atoms with Crippen LogP contribution in [0, 0.1) is 5.92 Å². The van der Waals surface area contributed by atoms with E-state index < -0.39 is 0 Å². The number of hydrogen-bond donors (Lipinski definition) is 1. The molecule has 1 aliphatic rings. The fraction of sp³-hybridized carbons (Fsp3) is 0.462. The van der Waals surface area contributed by atoms with Crippen molar-refractivity contribution >= 4 is 21.8 Å². The maximum absolute atomic E-state index is 11.8. The molecule has 2 rings (SSSR count). The Kier molecular flexibility index (Phi) is 3.64. The molecule has 1 N–H and O–H groups in total. The van der Waals surface area contributed by atoms with E-state index in [0.29, 0.717) is 0 Å². The number of carbonyl (C=O) groups is 1. The molecule has 16 heavy (non-hydrogen) atoms. The van der Waals surface area contributed by atoms with Crippen molar-refractivity contribution < 1.29 is 4.79 Å². The quantitative estimate of drug-likeness (QED) is 0.904. The van der Waals surface area contributed by atoms with Crippen LogP contribution in [0.15, 0.2) is 28.7 Å². The zero-order chi connectivity index (χ0) is 11.5. The van der Waals surface area contributed by atoms with Crippen molar-refractivity contribution in [3.8, 4) is 0 Å². The Labute approximate surface area is 105 Å². The molecule has 0 saturated heterocycles. The van der Waals surface area contributed by atoms with E-state index in [1.54, 1.807) is 0 Å². The molecule has 0 heterocycles. The van der Waals surface area contributed by atoms with Crippen molar-refractivity contribution in [2.75, 3.05) is 0 Å². The van der Waals surface area contributed by atoms with E-state index in [2.05, 4.69) is 21.2 Å². The Morgan fingerprint density at radius 1 is 1.50 bits per heavy atom. The number of nitrogens with one attached hydrogen (secondary N) is 1. The van der Waals surface area contributed by atoms with Crippen LogP contribution >= 0.6 is 15.9 Å². The minimum absolute atomic E-state index is 0.0885. The molecule has 1 saturated carbocycles. The fourth-order valence-corrected chi connectivity index (χ4v) is 2.28. The lowest BCUT2D eigenvalue weighted by Crippen LogP contribution is -2.35. The van der Waals surface area contributed by atoms with Crippen molar-refractivity contribution in [2.45, 2.75) is 32.2 Å². The van der Waals surface area contributed by atoms with E-state index in [9.17, 15) is 4.79 Å². The molecule has 86 valence electrons. The fourth-order valence-electron chi connectivity index (χ4n) is 1.86. The maximum Gasteiger partial charge on any atom is 0.223 e. The maximum atomic E-state index is 11.8. The average Bonchev–Trinajstić information content (AvgIpc) is 2.14. The van der Waals surface area contributed by atoms with Gasteiger partial charge in [-0.25, -0.2) is 0 Å². The van der Waals surface area contributed by atoms with E-state index >= 15 is 0 Å². The van der Waals surface area contributed by atoms with Gasteiger partial charge in [0.25, 0.3) is 0 Å². The molecule has 1 amide bonds. The van der Waals surface area contributed by atoms with E-state index in [1.807, 2.05) is 31.2 Å². The van der Waals surface area contributed by atoms with Crippen LogP contribution in [0.25, 0.3) is 0 Å². The van der Waals surface area contributed by atoms with Crippen LogP contribution in [0.4, 0.5) is 0 Å². The molecule has 0 aliphatic heterocycles. The van der Waals surface area contributed by atoms with Crippen LogP contribution in [0.5, 0.6) is 0 Å². The Morgan fingerprint density at radius 2 is 2.25 bits per heavy atom. The number of rotatable bonds is 3. The van der Waals surface area contributed by atoms with Gasteiger partial charge < -0.3 is 5.32 Å². The monoisotopic (exact) mass is 281 g/mol. The summed E-state index contributed by atoms with van der Waals surface area (Å²) < 4.78 is 1.05. The summed E-state index contributed by atoms with van der Waals surface area (Å²) in [5.41, 5.74) is 1.14.